The Kier molecular flexibility index (Phi) is 4.62. The first-order valence-corrected chi connectivity index (χ1v) is 10.1. The van der Waals surface area contributed by atoms with E-state index in [4.69, 9.17) is 19.6 Å². The molecular weight excluding hydrogens is 396 g/mol. The molecule has 1 aliphatic heterocycles. The first kappa shape index (κ1) is 19.2. The van der Waals surface area contributed by atoms with Gasteiger partial charge in [-0.05, 0) is 42.7 Å². The van der Waals surface area contributed by atoms with Crippen molar-refractivity contribution in [2.45, 2.75) is 25.3 Å². The number of phenols is 1. The van der Waals surface area contributed by atoms with E-state index >= 15 is 0 Å². The fourth-order valence-corrected chi connectivity index (χ4v) is 4.22. The third-order valence-corrected chi connectivity index (χ3v) is 5.66. The Balaban J connectivity index is 1.67. The zero-order valence-electron chi connectivity index (χ0n) is 17.3. The van der Waals surface area contributed by atoms with Crippen molar-refractivity contribution >= 4 is 11.7 Å². The number of benzene rings is 2. The van der Waals surface area contributed by atoms with Crippen LogP contribution in [0, 0.1) is 0 Å². The van der Waals surface area contributed by atoms with Gasteiger partial charge < -0.3 is 19.9 Å². The van der Waals surface area contributed by atoms with Crippen LogP contribution in [0.25, 0.3) is 11.4 Å². The number of nitrogens with one attached hydrogen (secondary N) is 1. The molecule has 1 atom stereocenters. The third kappa shape index (κ3) is 3.30. The molecule has 1 aliphatic carbocycles. The van der Waals surface area contributed by atoms with E-state index in [9.17, 15) is 9.90 Å². The molecule has 1 aromatic heterocycles. The summed E-state index contributed by atoms with van der Waals surface area (Å²) < 4.78 is 12.5. The molecule has 31 heavy (non-hydrogen) atoms. The molecule has 3 aromatic rings. The number of aromatic hydroxyl groups is 1. The minimum Gasteiger partial charge on any atom is -0.508 e. The number of carbonyl (C=O) groups is 1. The fraction of sp³-hybridized carbons (Fsp3) is 0.261. The lowest BCUT2D eigenvalue weighted by atomic mass is 9.85. The molecule has 0 saturated carbocycles. The summed E-state index contributed by atoms with van der Waals surface area (Å²) in [7, 11) is 3.18. The summed E-state index contributed by atoms with van der Waals surface area (Å²) in [4.78, 5) is 17.6. The number of ketones is 1. The van der Waals surface area contributed by atoms with Crippen molar-refractivity contribution in [3.05, 3.63) is 59.3 Å². The molecule has 0 spiro atoms. The van der Waals surface area contributed by atoms with Gasteiger partial charge in [-0.2, -0.15) is 4.98 Å². The maximum atomic E-state index is 12.9. The van der Waals surface area contributed by atoms with Gasteiger partial charge in [0.05, 0.1) is 14.2 Å². The number of Topliss-reactive ketones (excluding diaryl/α,β-unsaturated/α-hetero) is 1. The van der Waals surface area contributed by atoms with Crippen molar-refractivity contribution in [2.75, 3.05) is 19.5 Å². The highest BCUT2D eigenvalue weighted by Gasteiger charge is 2.37. The van der Waals surface area contributed by atoms with Gasteiger partial charge >= 0.3 is 0 Å². The van der Waals surface area contributed by atoms with Crippen molar-refractivity contribution < 1.29 is 19.4 Å². The van der Waals surface area contributed by atoms with Crippen molar-refractivity contribution in [1.29, 1.82) is 0 Å². The van der Waals surface area contributed by atoms with Gasteiger partial charge in [0.25, 0.3) is 0 Å². The van der Waals surface area contributed by atoms with Gasteiger partial charge in [0.15, 0.2) is 11.6 Å². The van der Waals surface area contributed by atoms with E-state index in [1.807, 2.05) is 18.2 Å². The highest BCUT2D eigenvalue weighted by atomic mass is 16.5. The van der Waals surface area contributed by atoms with Crippen molar-refractivity contribution in [1.82, 2.24) is 14.8 Å². The number of methoxy groups -OCH3 is 2. The van der Waals surface area contributed by atoms with E-state index in [-0.39, 0.29) is 11.5 Å². The van der Waals surface area contributed by atoms with Crippen LogP contribution < -0.4 is 14.8 Å². The number of nitrogens with zero attached hydrogens (tertiary/aromatic N) is 3. The highest BCUT2D eigenvalue weighted by molar-refractivity contribution is 5.99. The number of phenolic OH excluding ortho intramolecular Hbond substituents is 1. The third-order valence-electron chi connectivity index (χ3n) is 5.66. The summed E-state index contributed by atoms with van der Waals surface area (Å²) in [6, 6.07) is 11.9. The Labute approximate surface area is 179 Å². The second kappa shape index (κ2) is 7.46. The zero-order chi connectivity index (χ0) is 21.5. The first-order valence-electron chi connectivity index (χ1n) is 10.1. The maximum absolute atomic E-state index is 12.9. The summed E-state index contributed by atoms with van der Waals surface area (Å²) >= 11 is 0. The van der Waals surface area contributed by atoms with E-state index in [2.05, 4.69) is 5.32 Å². The van der Waals surface area contributed by atoms with Gasteiger partial charge in [0.2, 0.25) is 5.95 Å². The van der Waals surface area contributed by atoms with Gasteiger partial charge in [-0.3, -0.25) is 4.79 Å². The molecule has 158 valence electrons. The maximum Gasteiger partial charge on any atom is 0.226 e. The summed E-state index contributed by atoms with van der Waals surface area (Å²) in [5.41, 5.74) is 3.08. The number of fused-ring (bicyclic) bond motifs is 1. The number of hydrogen-bond acceptors (Lipinski definition) is 7. The molecule has 2 aromatic carbocycles. The van der Waals surface area contributed by atoms with Crippen molar-refractivity contribution in [2.24, 2.45) is 0 Å². The Morgan fingerprint density at radius 1 is 1.10 bits per heavy atom. The molecule has 8 heteroatoms. The predicted molar refractivity (Wildman–Crippen MR) is 114 cm³/mol. The Hall–Kier alpha value is -3.81. The van der Waals surface area contributed by atoms with Crippen LogP contribution in [0.2, 0.25) is 0 Å². The van der Waals surface area contributed by atoms with Gasteiger partial charge in [0, 0.05) is 29.3 Å². The fourth-order valence-electron chi connectivity index (χ4n) is 4.22. The molecule has 5 rings (SSSR count). The lowest BCUT2D eigenvalue weighted by Gasteiger charge is -2.32. The van der Waals surface area contributed by atoms with Gasteiger partial charge in [-0.15, -0.1) is 5.10 Å². The lowest BCUT2D eigenvalue weighted by Crippen LogP contribution is -2.31. The molecule has 2 aliphatic rings. The van der Waals surface area contributed by atoms with Crippen LogP contribution in [0.5, 0.6) is 17.2 Å². The van der Waals surface area contributed by atoms with E-state index in [1.54, 1.807) is 43.2 Å². The Morgan fingerprint density at radius 3 is 2.58 bits per heavy atom. The number of hydrogen-bond donors (Lipinski definition) is 2. The molecule has 0 amide bonds. The summed E-state index contributed by atoms with van der Waals surface area (Å²) in [6.07, 6.45) is 2.07. The molecule has 2 N–H and O–H groups in total. The standard InChI is InChI=1S/C23H22N4O4/c1-30-16-10-14(11-17(12-16)31-2)22-25-23-24-18-7-4-8-19(29)20(18)21(27(23)26-22)13-5-3-6-15(28)9-13/h3,5-6,9-12,21,28H,4,7-8H2,1-2H3,(H,24,25,26)/t21-/m1/s1. The lowest BCUT2D eigenvalue weighted by molar-refractivity contribution is -0.116. The SMILES string of the molecule is COc1cc(OC)cc(-c2nc3n(n2)[C@H](c2cccc(O)c2)C2=C(CCCC2=O)N3)c1. The smallest absolute Gasteiger partial charge is 0.226 e. The molecule has 0 fully saturated rings. The number of allylic oxidation sites excluding steroid dienone is 2. The van der Waals surface area contributed by atoms with Crippen LogP contribution in [0.15, 0.2) is 53.7 Å². The van der Waals surface area contributed by atoms with Gasteiger partial charge in [-0.1, -0.05) is 12.1 Å². The van der Waals surface area contributed by atoms with E-state index in [0.717, 1.165) is 29.7 Å². The number of rotatable bonds is 4. The number of ether oxygens (including phenoxy) is 2. The largest absolute Gasteiger partial charge is 0.508 e. The minimum absolute atomic E-state index is 0.0906. The van der Waals surface area contributed by atoms with Crippen LogP contribution in [-0.2, 0) is 4.79 Å². The van der Waals surface area contributed by atoms with Crippen molar-refractivity contribution in [3.63, 3.8) is 0 Å². The normalized spacial score (nSPS) is 17.6. The van der Waals surface area contributed by atoms with E-state index in [0.29, 0.717) is 35.3 Å². The highest BCUT2D eigenvalue weighted by Crippen LogP contribution is 2.41. The molecule has 0 bridgehead atoms. The number of anilines is 1. The number of carbonyl (C=O) groups excluding carboxylic acids is 1. The van der Waals surface area contributed by atoms with Gasteiger partial charge in [0.1, 0.15) is 23.3 Å². The monoisotopic (exact) mass is 418 g/mol. The van der Waals surface area contributed by atoms with E-state index in [1.165, 1.54) is 0 Å². The average molecular weight is 418 g/mol. The molecule has 0 unspecified atom stereocenters. The Bertz CT molecular complexity index is 1190. The predicted octanol–water partition coefficient (Wildman–Crippen LogP) is 3.69. The topological polar surface area (TPSA) is 98.5 Å². The van der Waals surface area contributed by atoms with Crippen LogP contribution in [0.3, 0.4) is 0 Å². The molecule has 0 radical (unpaired) electrons. The molecule has 8 nitrogen and oxygen atoms in total. The minimum atomic E-state index is -0.458. The van der Waals surface area contributed by atoms with Crippen LogP contribution >= 0.6 is 0 Å². The molecule has 0 saturated heterocycles. The quantitative estimate of drug-likeness (QED) is 0.667. The zero-order valence-corrected chi connectivity index (χ0v) is 17.3. The second-order valence-corrected chi connectivity index (χ2v) is 7.60. The van der Waals surface area contributed by atoms with Crippen LogP contribution in [0.4, 0.5) is 5.95 Å². The van der Waals surface area contributed by atoms with Crippen LogP contribution in [0.1, 0.15) is 30.9 Å². The summed E-state index contributed by atoms with van der Waals surface area (Å²) in [6.45, 7) is 0. The first-order chi connectivity index (χ1) is 15.1. The van der Waals surface area contributed by atoms with Crippen molar-refractivity contribution in [3.8, 4) is 28.6 Å². The molecular formula is C23H22N4O4. The van der Waals surface area contributed by atoms with E-state index < -0.39 is 6.04 Å². The number of aromatic nitrogens is 3. The summed E-state index contributed by atoms with van der Waals surface area (Å²) in [5.74, 6) is 2.53. The second-order valence-electron chi connectivity index (χ2n) is 7.60. The Morgan fingerprint density at radius 2 is 1.87 bits per heavy atom. The van der Waals surface area contributed by atoms with Gasteiger partial charge in [-0.25, -0.2) is 4.68 Å². The van der Waals surface area contributed by atoms with Crippen LogP contribution in [-0.4, -0.2) is 39.9 Å². The molecule has 2 heterocycles. The summed E-state index contributed by atoms with van der Waals surface area (Å²) in [5, 5.41) is 18.1. The average Bonchev–Trinajstić information content (AvgIpc) is 3.21.